The molecule has 4 rings (SSSR count). The van der Waals surface area contributed by atoms with Crippen LogP contribution in [0.3, 0.4) is 0 Å². The Balaban J connectivity index is 1.45. The highest BCUT2D eigenvalue weighted by Crippen LogP contribution is 2.24. The van der Waals surface area contributed by atoms with Crippen LogP contribution in [0.15, 0.2) is 30.5 Å². The third kappa shape index (κ3) is 4.09. The summed E-state index contributed by atoms with van der Waals surface area (Å²) in [4.78, 5) is 36.3. The molecule has 0 spiro atoms. The number of aromatic nitrogens is 2. The number of rotatable bonds is 4. The molecule has 158 valence electrons. The van der Waals surface area contributed by atoms with Gasteiger partial charge in [-0.05, 0) is 51.0 Å². The van der Waals surface area contributed by atoms with Crippen LogP contribution >= 0.6 is 22.9 Å². The summed E-state index contributed by atoms with van der Waals surface area (Å²) in [6, 6.07) is 6.91. The Morgan fingerprint density at radius 2 is 2.00 bits per heavy atom. The summed E-state index contributed by atoms with van der Waals surface area (Å²) in [5, 5.41) is 0.602. The van der Waals surface area contributed by atoms with Gasteiger partial charge in [0.2, 0.25) is 5.91 Å². The number of hydrogen-bond donors (Lipinski definition) is 0. The normalized spacial score (nSPS) is 16.8. The minimum Gasteiger partial charge on any atom is -0.340 e. The number of aryl methyl sites for hydroxylation is 2. The van der Waals surface area contributed by atoms with E-state index in [9.17, 15) is 9.59 Å². The van der Waals surface area contributed by atoms with E-state index in [1.807, 2.05) is 14.0 Å². The van der Waals surface area contributed by atoms with Crippen LogP contribution in [0.4, 0.5) is 0 Å². The quantitative estimate of drug-likeness (QED) is 0.606. The molecule has 0 N–H and O–H groups in total. The molecule has 0 saturated carbocycles. The molecule has 8 heteroatoms. The molecular weight excluding hydrogens is 420 g/mol. The topological polar surface area (TPSA) is 57.9 Å². The van der Waals surface area contributed by atoms with Gasteiger partial charge in [0.1, 0.15) is 0 Å². The summed E-state index contributed by atoms with van der Waals surface area (Å²) in [5.41, 5.74) is 2.59. The fourth-order valence-electron chi connectivity index (χ4n) is 4.05. The fourth-order valence-corrected chi connectivity index (χ4v) is 5.07. The summed E-state index contributed by atoms with van der Waals surface area (Å²) >= 11 is 7.58. The van der Waals surface area contributed by atoms with Crippen LogP contribution in [0.2, 0.25) is 5.02 Å². The van der Waals surface area contributed by atoms with E-state index in [0.717, 1.165) is 29.2 Å². The molecule has 1 fully saturated rings. The predicted molar refractivity (Wildman–Crippen MR) is 119 cm³/mol. The smallest absolute Gasteiger partial charge is 0.253 e. The second-order valence-electron chi connectivity index (χ2n) is 7.93. The maximum Gasteiger partial charge on any atom is 0.253 e. The SMILES string of the molecule is Cc1cn2c(CN(C)C(=O)C3CCCN(C(=O)c4ccc(Cl)cc4)C3)c(C)nc2s1. The Labute approximate surface area is 185 Å². The van der Waals surface area contributed by atoms with Gasteiger partial charge in [-0.25, -0.2) is 4.98 Å². The molecule has 0 radical (unpaired) electrons. The van der Waals surface area contributed by atoms with E-state index in [-0.39, 0.29) is 17.7 Å². The van der Waals surface area contributed by atoms with Crippen LogP contribution in [0.5, 0.6) is 0 Å². The van der Waals surface area contributed by atoms with Crippen LogP contribution in [-0.2, 0) is 11.3 Å². The van der Waals surface area contributed by atoms with E-state index in [0.29, 0.717) is 30.2 Å². The van der Waals surface area contributed by atoms with Gasteiger partial charge in [0, 0.05) is 41.8 Å². The lowest BCUT2D eigenvalue weighted by Crippen LogP contribution is -2.45. The molecule has 1 unspecified atom stereocenters. The third-order valence-corrected chi connectivity index (χ3v) is 6.80. The predicted octanol–water partition coefficient (Wildman–Crippen LogP) is 4.18. The van der Waals surface area contributed by atoms with Gasteiger partial charge in [-0.1, -0.05) is 11.6 Å². The molecule has 3 heterocycles. The average molecular weight is 445 g/mol. The number of carbonyl (C=O) groups is 2. The van der Waals surface area contributed by atoms with Crippen molar-refractivity contribution in [2.24, 2.45) is 5.92 Å². The first-order valence-corrected chi connectivity index (χ1v) is 11.3. The first kappa shape index (κ1) is 20.9. The number of imidazole rings is 1. The molecule has 1 saturated heterocycles. The lowest BCUT2D eigenvalue weighted by Gasteiger charge is -2.34. The van der Waals surface area contributed by atoms with Crippen LogP contribution in [-0.4, -0.2) is 51.1 Å². The van der Waals surface area contributed by atoms with Crippen molar-refractivity contribution in [3.8, 4) is 0 Å². The number of fused-ring (bicyclic) bond motifs is 1. The zero-order valence-corrected chi connectivity index (χ0v) is 19.0. The minimum absolute atomic E-state index is 0.0473. The van der Waals surface area contributed by atoms with Crippen molar-refractivity contribution in [3.63, 3.8) is 0 Å². The number of benzene rings is 1. The Kier molecular flexibility index (Phi) is 5.84. The van der Waals surface area contributed by atoms with Crippen molar-refractivity contribution < 1.29 is 9.59 Å². The highest BCUT2D eigenvalue weighted by Gasteiger charge is 2.31. The fraction of sp³-hybridized carbons (Fsp3) is 0.409. The molecule has 1 aliphatic rings. The van der Waals surface area contributed by atoms with Crippen LogP contribution in [0.1, 0.15) is 39.5 Å². The van der Waals surface area contributed by atoms with E-state index in [4.69, 9.17) is 11.6 Å². The molecule has 3 aromatic rings. The Bertz CT molecular complexity index is 1090. The summed E-state index contributed by atoms with van der Waals surface area (Å²) in [5.74, 6) is -0.160. The maximum atomic E-state index is 13.2. The van der Waals surface area contributed by atoms with Crippen molar-refractivity contribution in [3.05, 3.63) is 57.3 Å². The highest BCUT2D eigenvalue weighted by atomic mass is 35.5. The van der Waals surface area contributed by atoms with E-state index in [2.05, 4.69) is 22.5 Å². The third-order valence-electron chi connectivity index (χ3n) is 5.65. The van der Waals surface area contributed by atoms with Gasteiger partial charge in [-0.3, -0.25) is 14.0 Å². The van der Waals surface area contributed by atoms with Gasteiger partial charge < -0.3 is 9.80 Å². The van der Waals surface area contributed by atoms with E-state index in [1.54, 1.807) is 45.4 Å². The van der Waals surface area contributed by atoms with Crippen LogP contribution < -0.4 is 0 Å². The highest BCUT2D eigenvalue weighted by molar-refractivity contribution is 7.17. The standard InChI is InChI=1S/C22H25ClN4O2S/c1-14-11-27-19(15(2)24-22(27)30-14)13-25(3)20(28)17-5-4-10-26(12-17)21(29)16-6-8-18(23)9-7-16/h6-9,11,17H,4-5,10,12-13H2,1-3H3. The first-order valence-electron chi connectivity index (χ1n) is 10.1. The Hall–Kier alpha value is -2.38. The maximum absolute atomic E-state index is 13.2. The second-order valence-corrected chi connectivity index (χ2v) is 9.58. The molecule has 2 aromatic heterocycles. The van der Waals surface area contributed by atoms with Gasteiger partial charge >= 0.3 is 0 Å². The first-order chi connectivity index (χ1) is 14.3. The molecule has 0 aliphatic carbocycles. The Morgan fingerprint density at radius 3 is 2.73 bits per heavy atom. The molecule has 0 bridgehead atoms. The minimum atomic E-state index is -0.187. The van der Waals surface area contributed by atoms with Crippen molar-refractivity contribution in [1.29, 1.82) is 0 Å². The number of likely N-dealkylation sites (tertiary alicyclic amines) is 1. The largest absolute Gasteiger partial charge is 0.340 e. The van der Waals surface area contributed by atoms with Gasteiger partial charge in [0.15, 0.2) is 4.96 Å². The molecule has 30 heavy (non-hydrogen) atoms. The number of piperidine rings is 1. The zero-order chi connectivity index (χ0) is 21.4. The number of halogens is 1. The zero-order valence-electron chi connectivity index (χ0n) is 17.4. The summed E-state index contributed by atoms with van der Waals surface area (Å²) in [7, 11) is 1.83. The lowest BCUT2D eigenvalue weighted by molar-refractivity contribution is -0.136. The van der Waals surface area contributed by atoms with E-state index >= 15 is 0 Å². The van der Waals surface area contributed by atoms with Crippen molar-refractivity contribution >= 4 is 39.7 Å². The average Bonchev–Trinajstić information content (AvgIpc) is 3.23. The second kappa shape index (κ2) is 8.40. The van der Waals surface area contributed by atoms with Gasteiger partial charge in [-0.2, -0.15) is 0 Å². The number of amides is 2. The molecule has 1 aliphatic heterocycles. The molecule has 2 amide bonds. The number of hydrogen-bond acceptors (Lipinski definition) is 4. The molecule has 1 aromatic carbocycles. The van der Waals surface area contributed by atoms with Crippen molar-refractivity contribution in [2.45, 2.75) is 33.2 Å². The Morgan fingerprint density at radius 1 is 1.27 bits per heavy atom. The van der Waals surface area contributed by atoms with Gasteiger partial charge in [0.25, 0.3) is 5.91 Å². The summed E-state index contributed by atoms with van der Waals surface area (Å²) < 4.78 is 2.08. The lowest BCUT2D eigenvalue weighted by atomic mass is 9.96. The monoisotopic (exact) mass is 444 g/mol. The number of thiazole rings is 1. The van der Waals surface area contributed by atoms with Gasteiger partial charge in [0.05, 0.1) is 23.9 Å². The van der Waals surface area contributed by atoms with Crippen LogP contribution in [0.25, 0.3) is 4.96 Å². The number of nitrogens with zero attached hydrogens (tertiary/aromatic N) is 4. The summed E-state index contributed by atoms with van der Waals surface area (Å²) in [6.07, 6.45) is 3.69. The van der Waals surface area contributed by atoms with Crippen molar-refractivity contribution in [2.75, 3.05) is 20.1 Å². The van der Waals surface area contributed by atoms with E-state index in [1.165, 1.54) is 4.88 Å². The number of carbonyl (C=O) groups excluding carboxylic acids is 2. The summed E-state index contributed by atoms with van der Waals surface area (Å²) in [6.45, 7) is 5.66. The van der Waals surface area contributed by atoms with E-state index < -0.39 is 0 Å². The van der Waals surface area contributed by atoms with Crippen LogP contribution in [0, 0.1) is 19.8 Å². The molecule has 1 atom stereocenters. The van der Waals surface area contributed by atoms with Gasteiger partial charge in [-0.15, -0.1) is 11.3 Å². The molecule has 6 nitrogen and oxygen atoms in total. The van der Waals surface area contributed by atoms with Crippen molar-refractivity contribution in [1.82, 2.24) is 19.2 Å². The molecular formula is C22H25ClN4O2S.